The first kappa shape index (κ1) is 10.5. The predicted molar refractivity (Wildman–Crippen MR) is 65.6 cm³/mol. The molecule has 5 nitrogen and oxygen atoms in total. The first-order valence-electron chi connectivity index (χ1n) is 5.29. The molecule has 0 saturated heterocycles. The Labute approximate surface area is 102 Å². The zero-order valence-corrected chi connectivity index (χ0v) is 10.4. The number of aliphatic hydroxyl groups excluding tert-OH is 1. The average molecular weight is 248 g/mol. The van der Waals surface area contributed by atoms with Crippen molar-refractivity contribution >= 4 is 16.3 Å². The molecule has 6 heteroatoms. The SMILES string of the molecule is Cc1cc(C)n(-c2nc3sccn3c2CO)n1. The number of nitrogens with zero attached hydrogens (tertiary/aromatic N) is 4. The Morgan fingerprint density at radius 3 is 2.88 bits per heavy atom. The highest BCUT2D eigenvalue weighted by atomic mass is 32.1. The minimum absolute atomic E-state index is 0.0500. The molecule has 0 radical (unpaired) electrons. The molecular formula is C11H12N4OS. The Balaban J connectivity index is 2.29. The highest BCUT2D eigenvalue weighted by molar-refractivity contribution is 7.15. The molecule has 88 valence electrons. The maximum absolute atomic E-state index is 9.49. The number of imidazole rings is 1. The van der Waals surface area contributed by atoms with Crippen LogP contribution in [0.4, 0.5) is 0 Å². The molecule has 0 amide bonds. The number of aliphatic hydroxyl groups is 1. The van der Waals surface area contributed by atoms with Crippen LogP contribution in [0.15, 0.2) is 17.6 Å². The molecule has 0 aliphatic heterocycles. The molecule has 0 spiro atoms. The van der Waals surface area contributed by atoms with E-state index >= 15 is 0 Å². The second kappa shape index (κ2) is 3.68. The van der Waals surface area contributed by atoms with Gasteiger partial charge in [0.2, 0.25) is 0 Å². The third-order valence-electron chi connectivity index (χ3n) is 2.70. The quantitative estimate of drug-likeness (QED) is 0.751. The number of rotatable bonds is 2. The molecule has 0 atom stereocenters. The van der Waals surface area contributed by atoms with Crippen LogP contribution in [0.25, 0.3) is 10.8 Å². The fraction of sp³-hybridized carbons (Fsp3) is 0.273. The Hall–Kier alpha value is -1.66. The maximum atomic E-state index is 9.49. The van der Waals surface area contributed by atoms with Gasteiger partial charge in [0.25, 0.3) is 0 Å². The molecule has 0 aliphatic rings. The van der Waals surface area contributed by atoms with Gasteiger partial charge in [0.1, 0.15) is 0 Å². The molecular weight excluding hydrogens is 236 g/mol. The Bertz CT molecular complexity index is 679. The molecule has 3 aromatic rings. The van der Waals surface area contributed by atoms with E-state index in [0.29, 0.717) is 5.82 Å². The molecule has 0 unspecified atom stereocenters. The van der Waals surface area contributed by atoms with Gasteiger partial charge >= 0.3 is 0 Å². The van der Waals surface area contributed by atoms with E-state index in [1.165, 1.54) is 0 Å². The van der Waals surface area contributed by atoms with Crippen molar-refractivity contribution in [1.82, 2.24) is 19.2 Å². The van der Waals surface area contributed by atoms with E-state index < -0.39 is 0 Å². The Morgan fingerprint density at radius 2 is 2.24 bits per heavy atom. The van der Waals surface area contributed by atoms with E-state index in [-0.39, 0.29) is 6.61 Å². The molecule has 0 aliphatic carbocycles. The molecule has 3 aromatic heterocycles. The topological polar surface area (TPSA) is 55.4 Å². The Kier molecular flexibility index (Phi) is 2.27. The third-order valence-corrected chi connectivity index (χ3v) is 3.46. The number of hydrogen-bond donors (Lipinski definition) is 1. The highest BCUT2D eigenvalue weighted by Gasteiger charge is 2.16. The van der Waals surface area contributed by atoms with Crippen LogP contribution in [0, 0.1) is 13.8 Å². The van der Waals surface area contributed by atoms with Crippen molar-refractivity contribution in [2.45, 2.75) is 20.5 Å². The maximum Gasteiger partial charge on any atom is 0.196 e. The minimum Gasteiger partial charge on any atom is -0.390 e. The summed E-state index contributed by atoms with van der Waals surface area (Å²) < 4.78 is 3.68. The van der Waals surface area contributed by atoms with Gasteiger partial charge in [-0.25, -0.2) is 4.68 Å². The standard InChI is InChI=1S/C11H12N4OS/c1-7-5-8(2)15(13-7)10-9(6-16)14-3-4-17-11(14)12-10/h3-5,16H,6H2,1-2H3. The number of aromatic nitrogens is 4. The number of fused-ring (bicyclic) bond motifs is 1. The second-order valence-electron chi connectivity index (χ2n) is 3.93. The molecule has 1 N–H and O–H groups in total. The predicted octanol–water partition coefficient (Wildman–Crippen LogP) is 1.69. The van der Waals surface area contributed by atoms with Crippen LogP contribution in [-0.4, -0.2) is 24.3 Å². The molecule has 0 aromatic carbocycles. The smallest absolute Gasteiger partial charge is 0.196 e. The van der Waals surface area contributed by atoms with Crippen molar-refractivity contribution in [2.75, 3.05) is 0 Å². The lowest BCUT2D eigenvalue weighted by Crippen LogP contribution is -2.04. The van der Waals surface area contributed by atoms with Crippen molar-refractivity contribution in [3.05, 3.63) is 34.7 Å². The molecule has 3 heterocycles. The molecule has 0 fully saturated rings. The van der Waals surface area contributed by atoms with E-state index in [1.807, 2.05) is 35.9 Å². The van der Waals surface area contributed by atoms with Crippen LogP contribution in [0.5, 0.6) is 0 Å². The fourth-order valence-electron chi connectivity index (χ4n) is 1.98. The third kappa shape index (κ3) is 1.49. The van der Waals surface area contributed by atoms with Gasteiger partial charge in [-0.05, 0) is 19.9 Å². The minimum atomic E-state index is -0.0500. The monoisotopic (exact) mass is 248 g/mol. The summed E-state index contributed by atoms with van der Waals surface area (Å²) in [5, 5.41) is 15.8. The van der Waals surface area contributed by atoms with Gasteiger partial charge in [0.15, 0.2) is 10.8 Å². The van der Waals surface area contributed by atoms with Crippen molar-refractivity contribution in [2.24, 2.45) is 0 Å². The van der Waals surface area contributed by atoms with Gasteiger partial charge in [-0.1, -0.05) is 0 Å². The number of hydrogen-bond acceptors (Lipinski definition) is 4. The van der Waals surface area contributed by atoms with Crippen LogP contribution in [0.2, 0.25) is 0 Å². The lowest BCUT2D eigenvalue weighted by Gasteiger charge is -2.02. The van der Waals surface area contributed by atoms with E-state index in [2.05, 4.69) is 10.1 Å². The molecule has 17 heavy (non-hydrogen) atoms. The summed E-state index contributed by atoms with van der Waals surface area (Å²) in [5.41, 5.74) is 2.73. The van der Waals surface area contributed by atoms with Crippen LogP contribution >= 0.6 is 11.3 Å². The first-order chi connectivity index (χ1) is 8.20. The van der Waals surface area contributed by atoms with Crippen molar-refractivity contribution in [1.29, 1.82) is 0 Å². The van der Waals surface area contributed by atoms with Crippen LogP contribution < -0.4 is 0 Å². The summed E-state index contributed by atoms with van der Waals surface area (Å²) in [7, 11) is 0. The summed E-state index contributed by atoms with van der Waals surface area (Å²) in [6.07, 6.45) is 1.91. The number of aryl methyl sites for hydroxylation is 2. The van der Waals surface area contributed by atoms with E-state index in [9.17, 15) is 5.11 Å². The zero-order valence-electron chi connectivity index (χ0n) is 9.58. The van der Waals surface area contributed by atoms with E-state index in [4.69, 9.17) is 0 Å². The zero-order chi connectivity index (χ0) is 12.0. The summed E-state index contributed by atoms with van der Waals surface area (Å²) in [5.74, 6) is 0.713. The summed E-state index contributed by atoms with van der Waals surface area (Å²) in [6.45, 7) is 3.88. The van der Waals surface area contributed by atoms with Gasteiger partial charge < -0.3 is 5.11 Å². The molecule has 3 rings (SSSR count). The number of thiazole rings is 1. The van der Waals surface area contributed by atoms with Crippen molar-refractivity contribution in [3.8, 4) is 5.82 Å². The largest absolute Gasteiger partial charge is 0.390 e. The lowest BCUT2D eigenvalue weighted by atomic mass is 10.4. The molecule has 0 bridgehead atoms. The average Bonchev–Trinajstić information content (AvgIpc) is 2.91. The van der Waals surface area contributed by atoms with E-state index in [1.54, 1.807) is 16.0 Å². The van der Waals surface area contributed by atoms with Gasteiger partial charge in [-0.3, -0.25) is 4.40 Å². The normalized spacial score (nSPS) is 11.5. The van der Waals surface area contributed by atoms with Gasteiger partial charge in [0.05, 0.1) is 18.0 Å². The lowest BCUT2D eigenvalue weighted by molar-refractivity contribution is 0.275. The Morgan fingerprint density at radius 1 is 1.41 bits per heavy atom. The van der Waals surface area contributed by atoms with Crippen molar-refractivity contribution in [3.63, 3.8) is 0 Å². The van der Waals surface area contributed by atoms with Gasteiger partial charge in [-0.2, -0.15) is 10.1 Å². The summed E-state index contributed by atoms with van der Waals surface area (Å²) in [4.78, 5) is 5.38. The molecule has 0 saturated carbocycles. The van der Waals surface area contributed by atoms with E-state index in [0.717, 1.165) is 22.0 Å². The second-order valence-corrected chi connectivity index (χ2v) is 4.81. The summed E-state index contributed by atoms with van der Waals surface area (Å²) in [6, 6.07) is 1.99. The van der Waals surface area contributed by atoms with Crippen LogP contribution in [-0.2, 0) is 6.61 Å². The van der Waals surface area contributed by atoms with Gasteiger partial charge in [0, 0.05) is 17.3 Å². The summed E-state index contributed by atoms with van der Waals surface area (Å²) >= 11 is 1.54. The van der Waals surface area contributed by atoms with Crippen LogP contribution in [0.3, 0.4) is 0 Å². The highest BCUT2D eigenvalue weighted by Crippen LogP contribution is 2.21. The van der Waals surface area contributed by atoms with Crippen molar-refractivity contribution < 1.29 is 5.11 Å². The van der Waals surface area contributed by atoms with Gasteiger partial charge in [-0.15, -0.1) is 11.3 Å². The van der Waals surface area contributed by atoms with Crippen LogP contribution in [0.1, 0.15) is 17.1 Å². The first-order valence-corrected chi connectivity index (χ1v) is 6.17. The fourth-order valence-corrected chi connectivity index (χ4v) is 2.71.